The van der Waals surface area contributed by atoms with Crippen LogP contribution in [0.3, 0.4) is 0 Å². The monoisotopic (exact) mass is 1010 g/mol. The lowest BCUT2D eigenvalue weighted by Crippen LogP contribution is -2.80. The first-order valence-corrected chi connectivity index (χ1v) is 23.9. The number of benzene rings is 4. The molecule has 2 aliphatic rings. The van der Waals surface area contributed by atoms with Gasteiger partial charge in [0, 0.05) is 32.1 Å². The number of fused-ring (bicyclic) bond motifs is 1. The molecule has 1 saturated heterocycles. The fourth-order valence-electron chi connectivity index (χ4n) is 7.38. The van der Waals surface area contributed by atoms with Crippen LogP contribution in [0.25, 0.3) is 0 Å². The van der Waals surface area contributed by atoms with Crippen molar-refractivity contribution in [2.24, 2.45) is 7.05 Å². The zero-order valence-electron chi connectivity index (χ0n) is 36.0. The second-order valence-corrected chi connectivity index (χ2v) is 19.7. The van der Waals surface area contributed by atoms with Crippen LogP contribution >= 0.6 is 58.3 Å². The maximum absolute atomic E-state index is 14.5. The molecule has 0 saturated carbocycles. The van der Waals surface area contributed by atoms with Gasteiger partial charge in [0.1, 0.15) is 23.7 Å². The van der Waals surface area contributed by atoms with Crippen LogP contribution in [-0.4, -0.2) is 101 Å². The number of esters is 2. The molecule has 3 amide bonds. The Morgan fingerprint density at radius 2 is 1.39 bits per heavy atom. The number of hydrogen-bond acceptors (Lipinski definition) is 14. The summed E-state index contributed by atoms with van der Waals surface area (Å²) >= 11 is 19.9. The van der Waals surface area contributed by atoms with Crippen molar-refractivity contribution in [1.29, 1.82) is 0 Å². The van der Waals surface area contributed by atoms with Crippen LogP contribution in [0.1, 0.15) is 53.7 Å². The van der Waals surface area contributed by atoms with Gasteiger partial charge in [0.05, 0.1) is 0 Å². The van der Waals surface area contributed by atoms with Crippen LogP contribution in [0.2, 0.25) is 0 Å². The molecule has 5 aromatic rings. The molecule has 0 aliphatic carbocycles. The Hall–Kier alpha value is -5.63. The molecule has 350 valence electrons. The molecule has 3 heterocycles. The van der Waals surface area contributed by atoms with Gasteiger partial charge in [-0.1, -0.05) is 168 Å². The standard InChI is InChI=1S/C46H44Cl3N7O9S2/c1-55-43(52-53-54-55)67-27-33-26-66-42-46(62-2,41(60)56(42)36(33)40(59)65-38(31-20-11-5-12-21-31)32-22-13-6-14-23-32)51-35(57)25-15-24-34(50-44(61)63-28-45(47,48)49)39(58)64-37(29-16-7-3-8-17-29)30-18-9-4-10-19-30/h3-14,16-23,34,37-38,42H,15,24-28H2,1-2H3,(H,50,61)(H,51,57)/t34-,42-,46+/m1/s1. The molecule has 16 nitrogen and oxygen atoms in total. The van der Waals surface area contributed by atoms with Gasteiger partial charge in [0.15, 0.2) is 12.2 Å². The van der Waals surface area contributed by atoms with Gasteiger partial charge < -0.3 is 29.6 Å². The second kappa shape index (κ2) is 22.4. The number of aromatic nitrogens is 4. The molecule has 67 heavy (non-hydrogen) atoms. The fraction of sp³-hybridized carbons (Fsp3) is 0.304. The van der Waals surface area contributed by atoms with Gasteiger partial charge in [0.2, 0.25) is 14.9 Å². The molecular weight excluding hydrogens is 965 g/mol. The quantitative estimate of drug-likeness (QED) is 0.0210. The summed E-state index contributed by atoms with van der Waals surface area (Å²) in [5.41, 5.74) is 1.53. The van der Waals surface area contributed by atoms with Crippen molar-refractivity contribution in [3.63, 3.8) is 0 Å². The minimum Gasteiger partial charge on any atom is -0.451 e. The van der Waals surface area contributed by atoms with Gasteiger partial charge in [-0.15, -0.1) is 16.9 Å². The number of nitrogens with one attached hydrogen (secondary N) is 2. The van der Waals surface area contributed by atoms with Gasteiger partial charge in [0.25, 0.3) is 11.6 Å². The summed E-state index contributed by atoms with van der Waals surface area (Å²) in [7, 11) is 2.98. The summed E-state index contributed by atoms with van der Waals surface area (Å²) in [5, 5.41) is 16.5. The number of nitrogens with zero attached hydrogens (tertiary/aromatic N) is 5. The maximum Gasteiger partial charge on any atom is 0.407 e. The molecule has 1 aromatic heterocycles. The Balaban J connectivity index is 1.07. The van der Waals surface area contributed by atoms with Gasteiger partial charge in [-0.3, -0.25) is 14.5 Å². The van der Waals surface area contributed by atoms with Crippen LogP contribution < -0.4 is 10.6 Å². The SMILES string of the molecule is CO[C@@]1(NC(=O)CCC[C@@H](NC(=O)OCC(Cl)(Cl)Cl)C(=O)OC(c2ccccc2)c2ccccc2)C(=O)N2C(C(=O)OC(c3ccccc3)c3ccccc3)=C(CSc3nnnn3C)CS[C@@H]21. The average Bonchev–Trinajstić information content (AvgIpc) is 3.76. The van der Waals surface area contributed by atoms with E-state index in [0.717, 1.165) is 11.1 Å². The largest absolute Gasteiger partial charge is 0.451 e. The summed E-state index contributed by atoms with van der Waals surface area (Å²) in [6, 6.07) is 35.3. The van der Waals surface area contributed by atoms with Crippen molar-refractivity contribution >= 4 is 88.2 Å². The van der Waals surface area contributed by atoms with Crippen LogP contribution in [-0.2, 0) is 45.2 Å². The van der Waals surface area contributed by atoms with Crippen LogP contribution in [0.5, 0.6) is 0 Å². The molecule has 3 atom stereocenters. The molecule has 2 aliphatic heterocycles. The van der Waals surface area contributed by atoms with Crippen molar-refractivity contribution < 1.29 is 42.9 Å². The Kier molecular flexibility index (Phi) is 16.5. The number of methoxy groups -OCH3 is 1. The van der Waals surface area contributed by atoms with Gasteiger partial charge in [-0.05, 0) is 51.1 Å². The topological polar surface area (TPSA) is 193 Å². The number of hydrogen-bond donors (Lipinski definition) is 2. The van der Waals surface area contributed by atoms with E-state index in [4.69, 9.17) is 53.8 Å². The molecule has 21 heteroatoms. The van der Waals surface area contributed by atoms with Crippen molar-refractivity contribution in [3.05, 3.63) is 155 Å². The summed E-state index contributed by atoms with van der Waals surface area (Å²) < 4.78 is 22.8. The van der Waals surface area contributed by atoms with Crippen molar-refractivity contribution in [3.8, 4) is 0 Å². The van der Waals surface area contributed by atoms with E-state index >= 15 is 0 Å². The molecular formula is C46H44Cl3N7O9S2. The highest BCUT2D eigenvalue weighted by Gasteiger charge is 2.66. The highest BCUT2D eigenvalue weighted by Crippen LogP contribution is 2.48. The zero-order valence-corrected chi connectivity index (χ0v) is 39.9. The number of ether oxygens (including phenoxy) is 4. The molecule has 2 N–H and O–H groups in total. The van der Waals surface area contributed by atoms with Crippen LogP contribution in [0.15, 0.2) is 138 Å². The van der Waals surface area contributed by atoms with E-state index in [1.54, 1.807) is 55.6 Å². The van der Waals surface area contributed by atoms with E-state index < -0.39 is 69.6 Å². The van der Waals surface area contributed by atoms with Crippen molar-refractivity contribution in [2.45, 2.75) is 57.6 Å². The molecule has 7 rings (SSSR count). The summed E-state index contributed by atoms with van der Waals surface area (Å²) in [5.74, 6) is -2.37. The summed E-state index contributed by atoms with van der Waals surface area (Å²) in [6.45, 7) is -0.609. The van der Waals surface area contributed by atoms with E-state index in [0.29, 0.717) is 21.9 Å². The van der Waals surface area contributed by atoms with Crippen LogP contribution in [0, 0.1) is 0 Å². The normalized spacial score (nSPS) is 17.3. The highest BCUT2D eigenvalue weighted by molar-refractivity contribution is 8.01. The number of rotatable bonds is 19. The number of carbonyl (C=O) groups is 5. The summed E-state index contributed by atoms with van der Waals surface area (Å²) in [4.78, 5) is 70.9. The maximum atomic E-state index is 14.5. The van der Waals surface area contributed by atoms with Crippen molar-refractivity contribution in [1.82, 2.24) is 35.7 Å². The predicted molar refractivity (Wildman–Crippen MR) is 252 cm³/mol. The molecule has 0 radical (unpaired) electrons. The lowest BCUT2D eigenvalue weighted by molar-refractivity contribution is -0.193. The number of aryl methyl sites for hydroxylation is 1. The lowest BCUT2D eigenvalue weighted by Gasteiger charge is -2.56. The Morgan fingerprint density at radius 3 is 1.88 bits per heavy atom. The number of tetrazole rings is 1. The number of β-lactam (4-membered cyclic amide) rings is 1. The number of halogens is 3. The number of carbonyl (C=O) groups excluding carboxylic acids is 5. The smallest absolute Gasteiger partial charge is 0.407 e. The molecule has 0 unspecified atom stereocenters. The Labute approximate surface area is 409 Å². The van der Waals surface area contributed by atoms with E-state index in [9.17, 15) is 24.0 Å². The molecule has 4 aromatic carbocycles. The first-order valence-electron chi connectivity index (χ1n) is 20.8. The third kappa shape index (κ3) is 12.1. The van der Waals surface area contributed by atoms with E-state index in [-0.39, 0.29) is 36.5 Å². The first-order chi connectivity index (χ1) is 32.3. The number of amides is 3. The zero-order chi connectivity index (χ0) is 47.6. The Bertz CT molecular complexity index is 2480. The summed E-state index contributed by atoms with van der Waals surface area (Å²) in [6.07, 6.45) is -3.03. The lowest BCUT2D eigenvalue weighted by atomic mass is 9.97. The number of thioether (sulfide) groups is 2. The van der Waals surface area contributed by atoms with E-state index in [2.05, 4.69) is 26.2 Å². The third-order valence-corrected chi connectivity index (χ3v) is 13.4. The van der Waals surface area contributed by atoms with Gasteiger partial charge in [-0.2, -0.15) is 0 Å². The third-order valence-electron chi connectivity index (χ3n) is 10.6. The molecule has 0 bridgehead atoms. The van der Waals surface area contributed by atoms with Gasteiger partial charge >= 0.3 is 18.0 Å². The van der Waals surface area contributed by atoms with Crippen LogP contribution in [0.4, 0.5) is 4.79 Å². The molecule has 0 spiro atoms. The van der Waals surface area contributed by atoms with Crippen molar-refractivity contribution in [2.75, 3.05) is 25.2 Å². The second-order valence-electron chi connectivity index (χ2n) is 15.2. The number of alkyl carbamates (subject to hydrolysis) is 1. The predicted octanol–water partition coefficient (Wildman–Crippen LogP) is 7.23. The first kappa shape index (κ1) is 49.3. The van der Waals surface area contributed by atoms with E-state index in [1.165, 1.54) is 40.2 Å². The highest BCUT2D eigenvalue weighted by atomic mass is 35.6. The minimum atomic E-state index is -1.92. The fourth-order valence-corrected chi connectivity index (χ4v) is 9.98. The van der Waals surface area contributed by atoms with E-state index in [1.807, 2.05) is 72.8 Å². The number of alkyl halides is 3. The Morgan fingerprint density at radius 1 is 0.851 bits per heavy atom. The van der Waals surface area contributed by atoms with Gasteiger partial charge in [-0.25, -0.2) is 19.1 Å². The average molecular weight is 1010 g/mol. The molecule has 1 fully saturated rings. The minimum absolute atomic E-state index is 0.0172.